The summed E-state index contributed by atoms with van der Waals surface area (Å²) in [5.41, 5.74) is 1.44. The van der Waals surface area contributed by atoms with Gasteiger partial charge in [-0.25, -0.2) is 9.78 Å². The van der Waals surface area contributed by atoms with Gasteiger partial charge in [-0.15, -0.1) is 0 Å². The molecule has 0 amide bonds. The highest BCUT2D eigenvalue weighted by Crippen LogP contribution is 2.26. The Hall–Kier alpha value is -2.54. The summed E-state index contributed by atoms with van der Waals surface area (Å²) >= 11 is 5.60. The first-order valence-corrected chi connectivity index (χ1v) is 9.30. The van der Waals surface area contributed by atoms with Crippen LogP contribution in [0.15, 0.2) is 42.9 Å². The minimum absolute atomic E-state index is 0.0118. The molecule has 0 aliphatic heterocycles. The normalized spacial score (nSPS) is 16.5. The summed E-state index contributed by atoms with van der Waals surface area (Å²) in [5, 5.41) is 7.51. The van der Waals surface area contributed by atoms with Crippen molar-refractivity contribution in [3.63, 3.8) is 0 Å². The van der Waals surface area contributed by atoms with Crippen LogP contribution in [0.2, 0.25) is 0 Å². The van der Waals surface area contributed by atoms with Crippen molar-refractivity contribution in [2.45, 2.75) is 44.2 Å². The molecule has 6 nitrogen and oxygen atoms in total. The van der Waals surface area contributed by atoms with Gasteiger partial charge in [-0.3, -0.25) is 5.10 Å². The number of ether oxygens (including phenoxy) is 1. The molecule has 1 fully saturated rings. The van der Waals surface area contributed by atoms with E-state index in [0.717, 1.165) is 31.2 Å². The number of aromatic nitrogens is 4. The molecule has 1 atom stereocenters. The molecule has 1 aliphatic rings. The molecule has 26 heavy (non-hydrogen) atoms. The topological polar surface area (TPSA) is 72.8 Å². The fourth-order valence-corrected chi connectivity index (χ4v) is 3.79. The molecule has 0 bridgehead atoms. The Labute approximate surface area is 156 Å². The fraction of sp³-hybridized carbons (Fsp3) is 0.368. The molecular formula is C19H20N4O2S. The minimum Gasteiger partial charge on any atom is -0.461 e. The lowest BCUT2D eigenvalue weighted by atomic mass is 9.97. The van der Waals surface area contributed by atoms with Crippen molar-refractivity contribution >= 4 is 29.2 Å². The van der Waals surface area contributed by atoms with E-state index < -0.39 is 6.04 Å². The molecular weight excluding hydrogens is 348 g/mol. The van der Waals surface area contributed by atoms with Crippen LogP contribution in [0.1, 0.15) is 43.7 Å². The number of nitrogens with zero attached hydrogens (tertiary/aromatic N) is 3. The van der Waals surface area contributed by atoms with Crippen molar-refractivity contribution in [1.82, 2.24) is 19.7 Å². The van der Waals surface area contributed by atoms with Gasteiger partial charge in [-0.2, -0.15) is 5.10 Å². The lowest BCUT2D eigenvalue weighted by molar-refractivity contribution is -0.153. The predicted molar refractivity (Wildman–Crippen MR) is 100 cm³/mol. The van der Waals surface area contributed by atoms with Crippen molar-refractivity contribution < 1.29 is 9.53 Å². The Morgan fingerprint density at radius 1 is 1.23 bits per heavy atom. The van der Waals surface area contributed by atoms with Crippen LogP contribution in [0.4, 0.5) is 0 Å². The molecule has 134 valence electrons. The number of benzene rings is 1. The number of nitrogens with one attached hydrogen (secondary N) is 1. The molecule has 4 rings (SSSR count). The van der Waals surface area contributed by atoms with Gasteiger partial charge >= 0.3 is 5.97 Å². The van der Waals surface area contributed by atoms with Gasteiger partial charge in [0.05, 0.1) is 17.9 Å². The SMILES string of the molecule is O=C(OC1CCCCC1)C(c1ccccc1)n1cnc2[nH]ncc2c1=S. The lowest BCUT2D eigenvalue weighted by Gasteiger charge is -2.26. The second kappa shape index (κ2) is 7.37. The molecule has 2 aromatic heterocycles. The van der Waals surface area contributed by atoms with Crippen molar-refractivity contribution in [3.05, 3.63) is 53.1 Å². The first-order chi connectivity index (χ1) is 12.7. The zero-order chi connectivity index (χ0) is 17.9. The summed E-state index contributed by atoms with van der Waals surface area (Å²) in [7, 11) is 0. The standard InChI is InChI=1S/C19H20N4O2S/c24-19(25-14-9-5-2-6-10-14)16(13-7-3-1-4-8-13)23-12-20-17-15(18(23)26)11-21-22-17/h1,3-4,7-8,11-12,14,16H,2,5-6,9-10H2,(H,21,22). The number of aromatic amines is 1. The van der Waals surface area contributed by atoms with Gasteiger partial charge in [-0.1, -0.05) is 49.0 Å². The Kier molecular flexibility index (Phi) is 4.79. The Bertz CT molecular complexity index is 960. The van der Waals surface area contributed by atoms with Crippen LogP contribution in [0.3, 0.4) is 0 Å². The van der Waals surface area contributed by atoms with Crippen molar-refractivity contribution in [2.24, 2.45) is 0 Å². The Morgan fingerprint density at radius 2 is 2.00 bits per heavy atom. The molecule has 0 spiro atoms. The zero-order valence-corrected chi connectivity index (χ0v) is 15.1. The van der Waals surface area contributed by atoms with Crippen molar-refractivity contribution in [3.8, 4) is 0 Å². The second-order valence-corrected chi connectivity index (χ2v) is 6.99. The van der Waals surface area contributed by atoms with E-state index in [-0.39, 0.29) is 12.1 Å². The number of carbonyl (C=O) groups is 1. The first kappa shape index (κ1) is 16.9. The molecule has 1 unspecified atom stereocenters. The number of H-pyrrole nitrogens is 1. The highest BCUT2D eigenvalue weighted by molar-refractivity contribution is 7.71. The third kappa shape index (κ3) is 3.26. The number of fused-ring (bicyclic) bond motifs is 1. The monoisotopic (exact) mass is 368 g/mol. The molecule has 1 N–H and O–H groups in total. The molecule has 7 heteroatoms. The predicted octanol–water partition coefficient (Wildman–Crippen LogP) is 3.95. The van der Waals surface area contributed by atoms with Crippen LogP contribution in [-0.4, -0.2) is 31.8 Å². The summed E-state index contributed by atoms with van der Waals surface area (Å²) in [6.07, 6.45) is 8.49. The van der Waals surface area contributed by atoms with E-state index in [4.69, 9.17) is 17.0 Å². The van der Waals surface area contributed by atoms with E-state index in [1.54, 1.807) is 17.1 Å². The van der Waals surface area contributed by atoms with Gasteiger partial charge in [0.15, 0.2) is 11.7 Å². The van der Waals surface area contributed by atoms with Gasteiger partial charge in [0, 0.05) is 0 Å². The van der Waals surface area contributed by atoms with E-state index in [1.165, 1.54) is 6.42 Å². The average molecular weight is 368 g/mol. The molecule has 0 radical (unpaired) electrons. The maximum absolute atomic E-state index is 13.1. The average Bonchev–Trinajstić information content (AvgIpc) is 3.15. The van der Waals surface area contributed by atoms with E-state index in [1.807, 2.05) is 30.3 Å². The fourth-order valence-electron chi connectivity index (χ4n) is 3.49. The van der Waals surface area contributed by atoms with Crippen molar-refractivity contribution in [2.75, 3.05) is 0 Å². The van der Waals surface area contributed by atoms with Gasteiger partial charge in [0.1, 0.15) is 10.7 Å². The van der Waals surface area contributed by atoms with E-state index in [0.29, 0.717) is 15.7 Å². The van der Waals surface area contributed by atoms with Gasteiger partial charge in [-0.05, 0) is 31.2 Å². The largest absolute Gasteiger partial charge is 0.461 e. The molecule has 1 saturated carbocycles. The Balaban J connectivity index is 1.74. The van der Waals surface area contributed by atoms with Crippen molar-refractivity contribution in [1.29, 1.82) is 0 Å². The van der Waals surface area contributed by atoms with Crippen LogP contribution in [0, 0.1) is 4.64 Å². The maximum Gasteiger partial charge on any atom is 0.334 e. The molecule has 3 aromatic rings. The first-order valence-electron chi connectivity index (χ1n) is 8.89. The quantitative estimate of drug-likeness (QED) is 0.557. The molecule has 1 aromatic carbocycles. The number of hydrogen-bond acceptors (Lipinski definition) is 5. The third-order valence-electron chi connectivity index (χ3n) is 4.85. The molecule has 0 saturated heterocycles. The van der Waals surface area contributed by atoms with E-state index >= 15 is 0 Å². The summed E-state index contributed by atoms with van der Waals surface area (Å²) in [6.45, 7) is 0. The highest BCUT2D eigenvalue weighted by atomic mass is 32.1. The van der Waals surface area contributed by atoms with Crippen LogP contribution in [0.25, 0.3) is 11.0 Å². The molecule has 2 heterocycles. The van der Waals surface area contributed by atoms with E-state index in [9.17, 15) is 4.79 Å². The van der Waals surface area contributed by atoms with Crippen LogP contribution < -0.4 is 0 Å². The smallest absolute Gasteiger partial charge is 0.334 e. The third-order valence-corrected chi connectivity index (χ3v) is 5.28. The van der Waals surface area contributed by atoms with Crippen LogP contribution in [0.5, 0.6) is 0 Å². The number of hydrogen-bond donors (Lipinski definition) is 1. The summed E-state index contributed by atoms with van der Waals surface area (Å²) in [6, 6.07) is 8.90. The van der Waals surface area contributed by atoms with Crippen LogP contribution in [-0.2, 0) is 9.53 Å². The van der Waals surface area contributed by atoms with Gasteiger partial charge < -0.3 is 9.30 Å². The lowest BCUT2D eigenvalue weighted by Crippen LogP contribution is -2.29. The minimum atomic E-state index is -0.655. The van der Waals surface area contributed by atoms with Gasteiger partial charge in [0.25, 0.3) is 0 Å². The van der Waals surface area contributed by atoms with Gasteiger partial charge in [0.2, 0.25) is 0 Å². The zero-order valence-electron chi connectivity index (χ0n) is 14.3. The summed E-state index contributed by atoms with van der Waals surface area (Å²) < 4.78 is 8.07. The number of esters is 1. The second-order valence-electron chi connectivity index (χ2n) is 6.60. The van der Waals surface area contributed by atoms with E-state index in [2.05, 4.69) is 15.2 Å². The summed E-state index contributed by atoms with van der Waals surface area (Å²) in [5.74, 6) is -0.288. The molecule has 1 aliphatic carbocycles. The maximum atomic E-state index is 13.1. The Morgan fingerprint density at radius 3 is 2.77 bits per heavy atom. The highest BCUT2D eigenvalue weighted by Gasteiger charge is 2.28. The number of rotatable bonds is 4. The van der Waals surface area contributed by atoms with Crippen LogP contribution >= 0.6 is 12.2 Å². The summed E-state index contributed by atoms with van der Waals surface area (Å²) in [4.78, 5) is 17.4. The number of carbonyl (C=O) groups excluding carboxylic acids is 1.